The van der Waals surface area contributed by atoms with Crippen LogP contribution in [0.15, 0.2) is 79.4 Å². The van der Waals surface area contributed by atoms with Crippen LogP contribution in [0.2, 0.25) is 0 Å². The predicted molar refractivity (Wildman–Crippen MR) is 153 cm³/mol. The molecule has 3 amide bonds. The number of aromatic nitrogens is 4. The minimum absolute atomic E-state index is 0.100. The molecule has 218 valence electrons. The first-order valence-corrected chi connectivity index (χ1v) is 13.4. The summed E-state index contributed by atoms with van der Waals surface area (Å²) in [5.74, 6) is -0.939. The van der Waals surface area contributed by atoms with E-state index in [1.807, 2.05) is 24.4 Å². The van der Waals surface area contributed by atoms with E-state index in [0.29, 0.717) is 24.3 Å². The number of carbonyl (C=O) groups excluding carboxylic acids is 2. The topological polar surface area (TPSA) is 123 Å². The number of halogens is 2. The molecule has 0 radical (unpaired) electrons. The van der Waals surface area contributed by atoms with Gasteiger partial charge in [-0.2, -0.15) is 10.1 Å². The van der Waals surface area contributed by atoms with Crippen LogP contribution >= 0.6 is 0 Å². The third-order valence-corrected chi connectivity index (χ3v) is 6.71. The van der Waals surface area contributed by atoms with Gasteiger partial charge in [0.05, 0.1) is 19.6 Å². The summed E-state index contributed by atoms with van der Waals surface area (Å²) in [5, 5.41) is 8.82. The molecule has 1 aliphatic rings. The van der Waals surface area contributed by atoms with Crippen LogP contribution in [0, 0.1) is 11.6 Å². The number of hydrogen-bond donors (Lipinski definition) is 2. The fourth-order valence-electron chi connectivity index (χ4n) is 4.59. The number of morpholine rings is 1. The number of carbonyl (C=O) groups is 2. The monoisotopic (exact) mass is 585 g/mol. The minimum atomic E-state index is -0.841. The molecule has 3 aromatic heterocycles. The summed E-state index contributed by atoms with van der Waals surface area (Å²) >= 11 is 0. The van der Waals surface area contributed by atoms with Crippen LogP contribution < -0.4 is 20.3 Å². The highest BCUT2D eigenvalue weighted by atomic mass is 19.1. The molecule has 13 heteroatoms. The Labute approximate surface area is 244 Å². The number of urea groups is 1. The van der Waals surface area contributed by atoms with E-state index in [1.54, 1.807) is 10.7 Å². The molecule has 1 fully saturated rings. The van der Waals surface area contributed by atoms with E-state index in [0.717, 1.165) is 36.1 Å². The summed E-state index contributed by atoms with van der Waals surface area (Å²) in [5.41, 5.74) is 2.92. The number of hydrogen-bond acceptors (Lipinski definition) is 8. The maximum atomic E-state index is 15.0. The van der Waals surface area contributed by atoms with Crippen LogP contribution in [0.25, 0.3) is 16.6 Å². The Balaban J connectivity index is 1.13. The summed E-state index contributed by atoms with van der Waals surface area (Å²) in [4.78, 5) is 35.2. The molecular weight excluding hydrogens is 560 g/mol. The molecule has 1 saturated heterocycles. The Bertz CT molecular complexity index is 1790. The Morgan fingerprint density at radius 3 is 2.56 bits per heavy atom. The average Bonchev–Trinajstić information content (AvgIpc) is 3.46. The maximum Gasteiger partial charge on any atom is 0.325 e. The van der Waals surface area contributed by atoms with E-state index in [1.165, 1.54) is 42.7 Å². The number of nitrogens with one attached hydrogen (secondary N) is 2. The minimum Gasteiger partial charge on any atom is -0.434 e. The highest BCUT2D eigenvalue weighted by molar-refractivity contribution is 6.01. The summed E-state index contributed by atoms with van der Waals surface area (Å²) < 4.78 is 40.9. The van der Waals surface area contributed by atoms with Crippen molar-refractivity contribution in [1.29, 1.82) is 0 Å². The van der Waals surface area contributed by atoms with Gasteiger partial charge in [-0.25, -0.2) is 23.1 Å². The van der Waals surface area contributed by atoms with Crippen molar-refractivity contribution in [1.82, 2.24) is 24.9 Å². The second-order valence-electron chi connectivity index (χ2n) is 9.68. The molecule has 2 N–H and O–H groups in total. The van der Waals surface area contributed by atoms with E-state index in [9.17, 15) is 18.4 Å². The van der Waals surface area contributed by atoms with Crippen molar-refractivity contribution in [2.24, 2.45) is 0 Å². The SMILES string of the molecule is O=C(Cc1ccc(F)cc1)NC(=O)Nc1ccc(Oc2ncnn3cc(-c4ccnc(N5CCOCC5)c4)cc23)c(F)c1. The zero-order valence-electron chi connectivity index (χ0n) is 22.7. The molecule has 1 aliphatic heterocycles. The lowest BCUT2D eigenvalue weighted by Gasteiger charge is -2.27. The number of anilines is 2. The Kier molecular flexibility index (Phi) is 7.87. The molecule has 0 spiro atoms. The summed E-state index contributed by atoms with van der Waals surface area (Å²) in [7, 11) is 0. The Morgan fingerprint density at radius 1 is 0.953 bits per heavy atom. The third-order valence-electron chi connectivity index (χ3n) is 6.71. The van der Waals surface area contributed by atoms with Crippen molar-refractivity contribution >= 4 is 29.0 Å². The smallest absolute Gasteiger partial charge is 0.325 e. The standard InChI is InChI=1S/C30H25F2N7O4/c31-22-3-1-19(2-4-22)13-28(40)37-30(41)36-23-5-6-26(24(32)16-23)43-29-25-14-21(17-39(25)35-18-34-29)20-7-8-33-27(15-20)38-9-11-42-12-10-38/h1-8,14-18H,9-13H2,(H2,36,37,40,41). The van der Waals surface area contributed by atoms with Gasteiger partial charge in [0.1, 0.15) is 23.5 Å². The Hall–Kier alpha value is -5.43. The number of amides is 3. The Morgan fingerprint density at radius 2 is 1.77 bits per heavy atom. The van der Waals surface area contributed by atoms with Gasteiger partial charge in [-0.1, -0.05) is 12.1 Å². The summed E-state index contributed by atoms with van der Waals surface area (Å²) in [6, 6.07) is 14.0. The van der Waals surface area contributed by atoms with E-state index >= 15 is 0 Å². The number of benzene rings is 2. The first-order chi connectivity index (χ1) is 20.9. The van der Waals surface area contributed by atoms with Crippen molar-refractivity contribution in [2.45, 2.75) is 6.42 Å². The number of ether oxygens (including phenoxy) is 2. The van der Waals surface area contributed by atoms with Gasteiger partial charge in [0.2, 0.25) is 11.8 Å². The molecule has 4 heterocycles. The number of pyridine rings is 1. The van der Waals surface area contributed by atoms with E-state index in [2.05, 4.69) is 30.6 Å². The number of imide groups is 1. The highest BCUT2D eigenvalue weighted by Crippen LogP contribution is 2.31. The van der Waals surface area contributed by atoms with Gasteiger partial charge in [0, 0.05) is 42.8 Å². The molecular formula is C30H25F2N7O4. The lowest BCUT2D eigenvalue weighted by Crippen LogP contribution is -2.36. The van der Waals surface area contributed by atoms with Gasteiger partial charge in [-0.3, -0.25) is 10.1 Å². The molecule has 6 rings (SSSR count). The molecule has 0 atom stereocenters. The molecule has 0 unspecified atom stereocenters. The molecule has 43 heavy (non-hydrogen) atoms. The van der Waals surface area contributed by atoms with Crippen LogP contribution in [0.3, 0.4) is 0 Å². The molecule has 11 nitrogen and oxygen atoms in total. The van der Waals surface area contributed by atoms with Crippen molar-refractivity contribution in [3.63, 3.8) is 0 Å². The number of fused-ring (bicyclic) bond motifs is 1. The maximum absolute atomic E-state index is 15.0. The van der Waals surface area contributed by atoms with E-state index in [4.69, 9.17) is 9.47 Å². The van der Waals surface area contributed by atoms with Crippen LogP contribution in [0.4, 0.5) is 25.1 Å². The van der Waals surface area contributed by atoms with Crippen LogP contribution in [0.5, 0.6) is 11.6 Å². The van der Waals surface area contributed by atoms with Crippen molar-refractivity contribution in [2.75, 3.05) is 36.5 Å². The van der Waals surface area contributed by atoms with Gasteiger partial charge < -0.3 is 19.7 Å². The zero-order valence-corrected chi connectivity index (χ0v) is 22.7. The number of rotatable bonds is 7. The lowest BCUT2D eigenvalue weighted by molar-refractivity contribution is -0.119. The first kappa shape index (κ1) is 27.7. The van der Waals surface area contributed by atoms with Gasteiger partial charge >= 0.3 is 6.03 Å². The largest absolute Gasteiger partial charge is 0.434 e. The second kappa shape index (κ2) is 12.2. The fourth-order valence-corrected chi connectivity index (χ4v) is 4.59. The van der Waals surface area contributed by atoms with Crippen molar-refractivity contribution in [3.8, 4) is 22.8 Å². The van der Waals surface area contributed by atoms with Crippen LogP contribution in [-0.4, -0.2) is 57.8 Å². The molecule has 5 aromatic rings. The number of nitrogens with zero attached hydrogens (tertiary/aromatic N) is 5. The third kappa shape index (κ3) is 6.57. The van der Waals surface area contributed by atoms with Gasteiger partial charge in [0.15, 0.2) is 11.6 Å². The van der Waals surface area contributed by atoms with Crippen molar-refractivity contribution in [3.05, 3.63) is 96.6 Å². The van der Waals surface area contributed by atoms with Gasteiger partial charge in [-0.15, -0.1) is 0 Å². The molecule has 0 aliphatic carbocycles. The zero-order chi connectivity index (χ0) is 29.8. The fraction of sp³-hybridized carbons (Fsp3) is 0.167. The van der Waals surface area contributed by atoms with Crippen molar-refractivity contribution < 1.29 is 27.8 Å². The summed E-state index contributed by atoms with van der Waals surface area (Å²) in [6.07, 6.45) is 4.75. The molecule has 2 aromatic carbocycles. The molecule has 0 saturated carbocycles. The van der Waals surface area contributed by atoms with Crippen LogP contribution in [-0.2, 0) is 16.0 Å². The van der Waals surface area contributed by atoms with Gasteiger partial charge in [0.25, 0.3) is 0 Å². The summed E-state index contributed by atoms with van der Waals surface area (Å²) in [6.45, 7) is 2.82. The molecule has 0 bridgehead atoms. The van der Waals surface area contributed by atoms with E-state index < -0.39 is 23.6 Å². The van der Waals surface area contributed by atoms with Gasteiger partial charge in [-0.05, 0) is 53.6 Å². The normalized spacial score (nSPS) is 13.1. The van der Waals surface area contributed by atoms with Crippen LogP contribution in [0.1, 0.15) is 5.56 Å². The van der Waals surface area contributed by atoms with E-state index in [-0.39, 0.29) is 23.7 Å². The quantitative estimate of drug-likeness (QED) is 0.285. The first-order valence-electron chi connectivity index (χ1n) is 13.4. The second-order valence-corrected chi connectivity index (χ2v) is 9.68. The predicted octanol–water partition coefficient (Wildman–Crippen LogP) is 4.59. The average molecular weight is 586 g/mol. The lowest BCUT2D eigenvalue weighted by atomic mass is 10.1. The highest BCUT2D eigenvalue weighted by Gasteiger charge is 2.17.